The first-order valence-corrected chi connectivity index (χ1v) is 13.7. The van der Waals surface area contributed by atoms with Crippen molar-refractivity contribution < 1.29 is 19.4 Å². The number of aromatic nitrogens is 1. The molecule has 1 aromatic heterocycles. The van der Waals surface area contributed by atoms with E-state index in [1.54, 1.807) is 0 Å². The minimum atomic E-state index is -0.976. The van der Waals surface area contributed by atoms with Crippen LogP contribution in [-0.2, 0) is 22.5 Å². The second kappa shape index (κ2) is 9.55. The fraction of sp³-hybridized carbons (Fsp3) is 0.484. The summed E-state index contributed by atoms with van der Waals surface area (Å²) in [6.07, 6.45) is 7.82. The maximum absolute atomic E-state index is 13.2. The van der Waals surface area contributed by atoms with Crippen LogP contribution in [0.3, 0.4) is 0 Å². The zero-order valence-electron chi connectivity index (χ0n) is 21.4. The van der Waals surface area contributed by atoms with Crippen molar-refractivity contribution in [2.75, 3.05) is 0 Å². The average Bonchev–Trinajstić information content (AvgIpc) is 3.17. The molecule has 37 heavy (non-hydrogen) atoms. The number of carboxylic acids is 1. The Kier molecular flexibility index (Phi) is 6.21. The first-order chi connectivity index (χ1) is 17.8. The second-order valence-electron chi connectivity index (χ2n) is 12.0. The summed E-state index contributed by atoms with van der Waals surface area (Å²) in [6, 6.07) is 18.5. The number of hydrogen-bond acceptors (Lipinski definition) is 3. The second-order valence-corrected chi connectivity index (χ2v) is 12.0. The number of carbonyl (C=O) groups is 2. The number of amides is 1. The van der Waals surface area contributed by atoms with Crippen LogP contribution in [0.25, 0.3) is 10.9 Å². The van der Waals surface area contributed by atoms with E-state index >= 15 is 0 Å². The van der Waals surface area contributed by atoms with Crippen molar-refractivity contribution >= 4 is 23.0 Å². The zero-order chi connectivity index (χ0) is 25.6. The molecule has 1 heterocycles. The van der Waals surface area contributed by atoms with Gasteiger partial charge in [0, 0.05) is 23.6 Å². The molecular formula is C31H36N2O4. The molecule has 6 heteroatoms. The Morgan fingerprint density at radius 2 is 1.62 bits per heavy atom. The van der Waals surface area contributed by atoms with Gasteiger partial charge in [0.25, 0.3) is 0 Å². The van der Waals surface area contributed by atoms with Crippen molar-refractivity contribution in [1.82, 2.24) is 9.88 Å². The Morgan fingerprint density at radius 3 is 2.30 bits per heavy atom. The van der Waals surface area contributed by atoms with E-state index in [9.17, 15) is 14.7 Å². The van der Waals surface area contributed by atoms with Crippen LogP contribution in [0.4, 0.5) is 4.79 Å². The van der Waals surface area contributed by atoms with E-state index in [1.165, 1.54) is 12.0 Å². The average molecular weight is 501 g/mol. The molecule has 0 spiro atoms. The normalized spacial score (nSPS) is 27.6. The number of benzene rings is 2. The number of carbonyl (C=O) groups excluding carboxylic acids is 1. The fourth-order valence-corrected chi connectivity index (χ4v) is 7.75. The maximum Gasteiger partial charge on any atom is 0.407 e. The van der Waals surface area contributed by atoms with E-state index in [0.717, 1.165) is 60.5 Å². The molecule has 3 aromatic rings. The number of aliphatic carboxylic acids is 1. The lowest BCUT2D eigenvalue weighted by Gasteiger charge is -2.53. The van der Waals surface area contributed by atoms with Crippen molar-refractivity contribution in [3.8, 4) is 0 Å². The monoisotopic (exact) mass is 500 g/mol. The topological polar surface area (TPSA) is 80.6 Å². The molecule has 0 radical (unpaired) electrons. The van der Waals surface area contributed by atoms with Crippen LogP contribution >= 0.6 is 0 Å². The summed E-state index contributed by atoms with van der Waals surface area (Å²) in [4.78, 5) is 25.1. The first kappa shape index (κ1) is 24.1. The lowest BCUT2D eigenvalue weighted by atomic mass is 9.55. The molecule has 4 saturated carbocycles. The van der Waals surface area contributed by atoms with Crippen LogP contribution in [-0.4, -0.2) is 33.4 Å². The van der Waals surface area contributed by atoms with Crippen molar-refractivity contribution in [2.24, 2.45) is 23.7 Å². The fourth-order valence-electron chi connectivity index (χ4n) is 7.75. The minimum absolute atomic E-state index is 0.0327. The molecule has 4 aliphatic carbocycles. The van der Waals surface area contributed by atoms with Gasteiger partial charge in [0.15, 0.2) is 0 Å². The highest BCUT2D eigenvalue weighted by atomic mass is 16.6. The molecule has 0 aliphatic heterocycles. The molecule has 1 atom stereocenters. The summed E-state index contributed by atoms with van der Waals surface area (Å²) < 4.78 is 8.27. The lowest BCUT2D eigenvalue weighted by molar-refractivity contribution is -0.138. The zero-order valence-corrected chi connectivity index (χ0v) is 21.4. The van der Waals surface area contributed by atoms with Crippen molar-refractivity contribution in [1.29, 1.82) is 0 Å². The van der Waals surface area contributed by atoms with Gasteiger partial charge in [0.05, 0.1) is 12.0 Å². The molecule has 194 valence electrons. The van der Waals surface area contributed by atoms with E-state index in [-0.39, 0.29) is 12.5 Å². The van der Waals surface area contributed by atoms with Gasteiger partial charge < -0.3 is 19.7 Å². The van der Waals surface area contributed by atoms with E-state index < -0.39 is 17.6 Å². The lowest BCUT2D eigenvalue weighted by Crippen LogP contribution is -2.54. The van der Waals surface area contributed by atoms with Gasteiger partial charge in [-0.1, -0.05) is 48.5 Å². The van der Waals surface area contributed by atoms with Crippen LogP contribution in [0.1, 0.15) is 56.6 Å². The Hall–Kier alpha value is -3.28. The number of nitrogens with zero attached hydrogens (tertiary/aromatic N) is 1. The van der Waals surface area contributed by atoms with Crippen LogP contribution in [0.2, 0.25) is 0 Å². The predicted molar refractivity (Wildman–Crippen MR) is 142 cm³/mol. The van der Waals surface area contributed by atoms with Crippen LogP contribution in [0.15, 0.2) is 60.8 Å². The van der Waals surface area contributed by atoms with Gasteiger partial charge in [-0.15, -0.1) is 0 Å². The molecule has 6 nitrogen and oxygen atoms in total. The molecule has 4 bridgehead atoms. The molecule has 2 aromatic carbocycles. The van der Waals surface area contributed by atoms with Gasteiger partial charge in [-0.2, -0.15) is 0 Å². The van der Waals surface area contributed by atoms with Crippen LogP contribution in [0, 0.1) is 23.7 Å². The molecule has 4 aliphatic rings. The number of carboxylic acid groups (broad SMARTS) is 1. The summed E-state index contributed by atoms with van der Waals surface area (Å²) >= 11 is 0. The largest absolute Gasteiger partial charge is 0.481 e. The Balaban J connectivity index is 1.22. The molecule has 0 saturated heterocycles. The molecule has 2 N–H and O–H groups in total. The van der Waals surface area contributed by atoms with Gasteiger partial charge in [-0.05, 0) is 86.3 Å². The summed E-state index contributed by atoms with van der Waals surface area (Å²) in [5.41, 5.74) is 2.33. The Morgan fingerprint density at radius 1 is 0.973 bits per heavy atom. The highest BCUT2D eigenvalue weighted by Crippen LogP contribution is 2.54. The van der Waals surface area contributed by atoms with E-state index in [1.807, 2.05) is 37.3 Å². The number of hydrogen-bond donors (Lipinski definition) is 2. The standard InChI is InChI=1S/C31H36N2O4/c1-31(17-28(34)35,32-30(36)37-29-23-12-21-11-22(14-23)15-24(29)13-21)16-25-19-33(18-20-7-3-2-4-8-20)27-10-6-5-9-26(25)27/h2-10,19,21-24,29H,11-18H2,1H3,(H,32,36)(H,34,35)/t21?,22?,23?,24?,29?,31-/m1/s1. The van der Waals surface area contributed by atoms with Crippen LogP contribution < -0.4 is 5.32 Å². The third kappa shape index (κ3) is 4.98. The summed E-state index contributed by atoms with van der Waals surface area (Å²) in [5.74, 6) is 1.59. The molecular weight excluding hydrogens is 464 g/mol. The third-order valence-corrected chi connectivity index (χ3v) is 8.98. The van der Waals surface area contributed by atoms with Gasteiger partial charge in [0.1, 0.15) is 6.10 Å². The maximum atomic E-state index is 13.2. The predicted octanol–water partition coefficient (Wildman–Crippen LogP) is 6.02. The van der Waals surface area contributed by atoms with Gasteiger partial charge in [-0.3, -0.25) is 4.79 Å². The number of fused-ring (bicyclic) bond motifs is 1. The van der Waals surface area contributed by atoms with E-state index in [2.05, 4.69) is 40.3 Å². The first-order valence-electron chi connectivity index (χ1n) is 13.7. The highest BCUT2D eigenvalue weighted by molar-refractivity contribution is 5.84. The van der Waals surface area contributed by atoms with Gasteiger partial charge >= 0.3 is 12.1 Å². The van der Waals surface area contributed by atoms with Crippen LogP contribution in [0.5, 0.6) is 0 Å². The highest BCUT2D eigenvalue weighted by Gasteiger charge is 2.50. The smallest absolute Gasteiger partial charge is 0.407 e. The molecule has 4 fully saturated rings. The minimum Gasteiger partial charge on any atom is -0.481 e. The number of alkyl carbamates (subject to hydrolysis) is 1. The Bertz CT molecular complexity index is 1270. The number of rotatable bonds is 8. The van der Waals surface area contributed by atoms with Gasteiger partial charge in [-0.25, -0.2) is 4.79 Å². The molecule has 0 unspecified atom stereocenters. The SMILES string of the molecule is C[C@](CC(=O)O)(Cc1cn(Cc2ccccc2)c2ccccc12)NC(=O)OC1C2CC3CC(C2)CC1C3. The molecule has 1 amide bonds. The summed E-state index contributed by atoms with van der Waals surface area (Å²) in [5, 5.41) is 13.8. The number of para-hydroxylation sites is 1. The summed E-state index contributed by atoms with van der Waals surface area (Å²) in [7, 11) is 0. The number of nitrogens with one attached hydrogen (secondary N) is 1. The third-order valence-electron chi connectivity index (χ3n) is 8.98. The quantitative estimate of drug-likeness (QED) is 0.397. The van der Waals surface area contributed by atoms with Gasteiger partial charge in [0.2, 0.25) is 0 Å². The van der Waals surface area contributed by atoms with E-state index in [0.29, 0.717) is 18.3 Å². The Labute approximate surface area is 218 Å². The number of ether oxygens (including phenoxy) is 1. The van der Waals surface area contributed by atoms with E-state index in [4.69, 9.17) is 4.74 Å². The van der Waals surface area contributed by atoms with Crippen molar-refractivity contribution in [3.05, 3.63) is 71.9 Å². The van der Waals surface area contributed by atoms with Crippen molar-refractivity contribution in [2.45, 2.75) is 70.1 Å². The van der Waals surface area contributed by atoms with Crippen molar-refractivity contribution in [3.63, 3.8) is 0 Å². The molecule has 7 rings (SSSR count). The summed E-state index contributed by atoms with van der Waals surface area (Å²) in [6.45, 7) is 2.54.